The van der Waals surface area contributed by atoms with Crippen LogP contribution in [0.4, 0.5) is 5.82 Å². The Hall–Kier alpha value is -4.13. The SMILES string of the molecule is O=C1/C=N\C=C/COc2ccc3ncnc(c3c2)/N=c2/cccc/c2=C/C=C\N1. The molecule has 142 valence electrons. The molecule has 1 aliphatic rings. The Morgan fingerprint density at radius 3 is 2.97 bits per heavy atom. The summed E-state index contributed by atoms with van der Waals surface area (Å²) in [5.74, 6) is 0.897. The van der Waals surface area contributed by atoms with E-state index in [1.54, 1.807) is 18.4 Å². The Morgan fingerprint density at radius 2 is 2.00 bits per heavy atom. The van der Waals surface area contributed by atoms with Gasteiger partial charge in [-0.25, -0.2) is 15.0 Å². The minimum atomic E-state index is -0.324. The van der Waals surface area contributed by atoms with Crippen LogP contribution in [0.25, 0.3) is 17.0 Å². The largest absolute Gasteiger partial charge is 0.489 e. The number of amides is 1. The second-order valence-corrected chi connectivity index (χ2v) is 6.06. The van der Waals surface area contributed by atoms with Crippen molar-refractivity contribution in [3.05, 3.63) is 83.9 Å². The number of nitrogens with one attached hydrogen (secondary N) is 1. The predicted molar refractivity (Wildman–Crippen MR) is 111 cm³/mol. The van der Waals surface area contributed by atoms with E-state index in [1.165, 1.54) is 18.7 Å². The van der Waals surface area contributed by atoms with Crippen molar-refractivity contribution in [2.75, 3.05) is 6.61 Å². The highest BCUT2D eigenvalue weighted by molar-refractivity contribution is 6.26. The number of hydrogen-bond donors (Lipinski definition) is 1. The average Bonchev–Trinajstić information content (AvgIpc) is 2.74. The maximum absolute atomic E-state index is 11.7. The average molecular weight is 383 g/mol. The van der Waals surface area contributed by atoms with Gasteiger partial charge in [0.05, 0.1) is 17.1 Å². The molecular formula is C22H17N5O2. The standard InChI is InChI=1S/C22H17N5O2/c28-21-14-23-10-4-12-29-17-8-9-20-18(13-17)22(26-15-25-20)27-19-7-2-1-5-16(19)6-3-11-24-21/h1-11,13-15H,12H2,(H,24,28)/b10-4-,11-3-,16-6-,23-14-,27-19-. The van der Waals surface area contributed by atoms with E-state index in [0.717, 1.165) is 21.5 Å². The molecule has 0 spiro atoms. The molecule has 0 fully saturated rings. The van der Waals surface area contributed by atoms with Crippen LogP contribution < -0.4 is 20.6 Å². The smallest absolute Gasteiger partial charge is 0.266 e. The van der Waals surface area contributed by atoms with E-state index in [1.807, 2.05) is 48.5 Å². The Labute approximate surface area is 166 Å². The highest BCUT2D eigenvalue weighted by atomic mass is 16.5. The van der Waals surface area contributed by atoms with Gasteiger partial charge in [-0.3, -0.25) is 9.79 Å². The molecule has 4 rings (SSSR count). The Morgan fingerprint density at radius 1 is 1.07 bits per heavy atom. The van der Waals surface area contributed by atoms with E-state index < -0.39 is 0 Å². The van der Waals surface area contributed by atoms with Crippen molar-refractivity contribution in [2.24, 2.45) is 9.98 Å². The fraction of sp³-hybridized carbons (Fsp3) is 0.0455. The van der Waals surface area contributed by atoms with Crippen molar-refractivity contribution in [3.63, 3.8) is 0 Å². The molecule has 1 aliphatic heterocycles. The van der Waals surface area contributed by atoms with E-state index in [-0.39, 0.29) is 5.91 Å². The molecule has 29 heavy (non-hydrogen) atoms. The van der Waals surface area contributed by atoms with Crippen LogP contribution in [-0.2, 0) is 4.79 Å². The van der Waals surface area contributed by atoms with Crippen molar-refractivity contribution in [1.82, 2.24) is 15.3 Å². The van der Waals surface area contributed by atoms with Gasteiger partial charge in [0.25, 0.3) is 5.91 Å². The molecule has 2 bridgehead atoms. The van der Waals surface area contributed by atoms with Crippen molar-refractivity contribution in [2.45, 2.75) is 0 Å². The molecular weight excluding hydrogens is 366 g/mol. The molecule has 1 N–H and O–H groups in total. The number of para-hydroxylation sites is 1. The number of aliphatic imine (C=N–C) groups is 1. The molecule has 0 radical (unpaired) electrons. The van der Waals surface area contributed by atoms with Gasteiger partial charge in [0.1, 0.15) is 18.7 Å². The first-order valence-corrected chi connectivity index (χ1v) is 8.96. The molecule has 7 heteroatoms. The Balaban J connectivity index is 1.88. The van der Waals surface area contributed by atoms with Gasteiger partial charge in [0.15, 0.2) is 5.82 Å². The van der Waals surface area contributed by atoms with Gasteiger partial charge >= 0.3 is 0 Å². The summed E-state index contributed by atoms with van der Waals surface area (Å²) in [7, 11) is 0. The van der Waals surface area contributed by atoms with E-state index in [9.17, 15) is 4.79 Å². The number of carbonyl (C=O) groups excluding carboxylic acids is 1. The number of aromatic nitrogens is 2. The molecule has 1 amide bonds. The first-order valence-electron chi connectivity index (χ1n) is 8.96. The summed E-state index contributed by atoms with van der Waals surface area (Å²) in [6.45, 7) is 0.308. The molecule has 2 heterocycles. The normalized spacial score (nSPS) is 19.8. The van der Waals surface area contributed by atoms with Gasteiger partial charge in [0, 0.05) is 23.0 Å². The number of nitrogens with zero attached hydrogens (tertiary/aromatic N) is 4. The number of benzene rings is 2. The number of hydrogen-bond acceptors (Lipinski definition) is 6. The second-order valence-electron chi connectivity index (χ2n) is 6.06. The van der Waals surface area contributed by atoms with Crippen molar-refractivity contribution in [3.8, 4) is 5.75 Å². The second kappa shape index (κ2) is 8.71. The lowest BCUT2D eigenvalue weighted by Crippen LogP contribution is -2.23. The number of rotatable bonds is 0. The first kappa shape index (κ1) is 18.2. The zero-order valence-corrected chi connectivity index (χ0v) is 15.4. The van der Waals surface area contributed by atoms with Crippen LogP contribution in [0.5, 0.6) is 5.75 Å². The molecule has 7 nitrogen and oxygen atoms in total. The van der Waals surface area contributed by atoms with Crippen LogP contribution in [0, 0.1) is 0 Å². The van der Waals surface area contributed by atoms with Gasteiger partial charge in [0.2, 0.25) is 0 Å². The van der Waals surface area contributed by atoms with E-state index in [2.05, 4.69) is 20.3 Å². The lowest BCUT2D eigenvalue weighted by atomic mass is 10.2. The molecule has 1 aromatic heterocycles. The van der Waals surface area contributed by atoms with E-state index in [0.29, 0.717) is 18.2 Å². The Kier molecular flexibility index (Phi) is 5.48. The summed E-state index contributed by atoms with van der Waals surface area (Å²) in [5.41, 5.74) is 0.782. The fourth-order valence-electron chi connectivity index (χ4n) is 2.72. The Bertz CT molecular complexity index is 1260. The van der Waals surface area contributed by atoms with Gasteiger partial charge in [-0.2, -0.15) is 0 Å². The molecule has 3 aromatic rings. The first-order chi connectivity index (χ1) is 14.3. The predicted octanol–water partition coefficient (Wildman–Crippen LogP) is 1.97. The van der Waals surface area contributed by atoms with Gasteiger partial charge in [-0.15, -0.1) is 0 Å². The number of carbonyl (C=O) groups is 1. The topological polar surface area (TPSA) is 88.8 Å². The number of allylic oxidation sites excluding steroid dienone is 1. The third-order valence-corrected chi connectivity index (χ3v) is 4.08. The lowest BCUT2D eigenvalue weighted by molar-refractivity contribution is -0.113. The lowest BCUT2D eigenvalue weighted by Gasteiger charge is -2.06. The highest BCUT2D eigenvalue weighted by Crippen LogP contribution is 2.25. The van der Waals surface area contributed by atoms with Crippen LogP contribution in [0.15, 0.2) is 83.3 Å². The van der Waals surface area contributed by atoms with E-state index in [4.69, 9.17) is 9.73 Å². The van der Waals surface area contributed by atoms with Crippen LogP contribution >= 0.6 is 0 Å². The maximum atomic E-state index is 11.7. The summed E-state index contributed by atoms with van der Waals surface area (Å²) >= 11 is 0. The minimum Gasteiger partial charge on any atom is -0.489 e. The molecule has 0 saturated carbocycles. The molecule has 0 atom stereocenters. The third-order valence-electron chi connectivity index (χ3n) is 4.08. The van der Waals surface area contributed by atoms with Crippen LogP contribution in [-0.4, -0.2) is 28.7 Å². The third kappa shape index (κ3) is 4.59. The highest BCUT2D eigenvalue weighted by Gasteiger charge is 2.05. The minimum absolute atomic E-state index is 0.308. The summed E-state index contributed by atoms with van der Waals surface area (Å²) in [4.78, 5) is 29.1. The van der Waals surface area contributed by atoms with Gasteiger partial charge in [-0.1, -0.05) is 24.3 Å². The summed E-state index contributed by atoms with van der Waals surface area (Å²) < 4.78 is 5.73. The summed E-state index contributed by atoms with van der Waals surface area (Å²) in [5, 5.41) is 5.05. The van der Waals surface area contributed by atoms with Crippen LogP contribution in [0.3, 0.4) is 0 Å². The zero-order valence-electron chi connectivity index (χ0n) is 15.4. The molecule has 0 saturated heterocycles. The summed E-state index contributed by atoms with van der Waals surface area (Å²) in [6.07, 6.45) is 11.1. The van der Waals surface area contributed by atoms with Crippen LogP contribution in [0.1, 0.15) is 0 Å². The molecule has 0 aliphatic carbocycles. The van der Waals surface area contributed by atoms with Crippen molar-refractivity contribution >= 4 is 34.9 Å². The molecule has 2 aromatic carbocycles. The monoisotopic (exact) mass is 383 g/mol. The fourth-order valence-corrected chi connectivity index (χ4v) is 2.72. The zero-order chi connectivity index (χ0) is 19.9. The van der Waals surface area contributed by atoms with Gasteiger partial charge < -0.3 is 10.1 Å². The number of fused-ring (bicyclic) bond motifs is 2. The maximum Gasteiger partial charge on any atom is 0.266 e. The van der Waals surface area contributed by atoms with Crippen LogP contribution in [0.2, 0.25) is 0 Å². The number of ether oxygens (including phenoxy) is 1. The van der Waals surface area contributed by atoms with Crippen molar-refractivity contribution in [1.29, 1.82) is 0 Å². The quantitative estimate of drug-likeness (QED) is 0.643. The molecule has 0 unspecified atom stereocenters. The van der Waals surface area contributed by atoms with E-state index >= 15 is 0 Å². The van der Waals surface area contributed by atoms with Crippen molar-refractivity contribution < 1.29 is 9.53 Å². The summed E-state index contributed by atoms with van der Waals surface area (Å²) in [6, 6.07) is 13.3. The van der Waals surface area contributed by atoms with Gasteiger partial charge in [-0.05, 0) is 36.4 Å².